The lowest BCUT2D eigenvalue weighted by molar-refractivity contribution is 1.05. The summed E-state index contributed by atoms with van der Waals surface area (Å²) in [7, 11) is 0. The molecule has 0 aliphatic heterocycles. The number of rotatable bonds is 2. The van der Waals surface area contributed by atoms with Crippen LogP contribution in [0.1, 0.15) is 12.5 Å². The fourth-order valence-corrected chi connectivity index (χ4v) is 2.34. The van der Waals surface area contributed by atoms with Gasteiger partial charge in [0.25, 0.3) is 0 Å². The molecule has 2 rings (SSSR count). The van der Waals surface area contributed by atoms with Gasteiger partial charge < -0.3 is 0 Å². The summed E-state index contributed by atoms with van der Waals surface area (Å²) in [5.41, 5.74) is 1.99. The van der Waals surface area contributed by atoms with Crippen molar-refractivity contribution in [1.82, 2.24) is 9.97 Å². The lowest BCUT2D eigenvalue weighted by atomic mass is 10.1. The molecule has 0 aliphatic carbocycles. The molecule has 72 valence electrons. The average Bonchev–Trinajstić information content (AvgIpc) is 2.70. The minimum absolute atomic E-state index is 0.561. The second-order valence-electron chi connectivity index (χ2n) is 2.82. The minimum Gasteiger partial charge on any atom is -0.235 e. The normalized spacial score (nSPS) is 10.4. The van der Waals surface area contributed by atoms with Gasteiger partial charge in [-0.05, 0) is 17.9 Å². The summed E-state index contributed by atoms with van der Waals surface area (Å²) in [6.45, 7) is 2.06. The van der Waals surface area contributed by atoms with E-state index in [1.54, 1.807) is 11.3 Å². The fraction of sp³-hybridized carbons (Fsp3) is 0.200. The third kappa shape index (κ3) is 1.65. The van der Waals surface area contributed by atoms with Gasteiger partial charge in [0.05, 0.1) is 10.6 Å². The van der Waals surface area contributed by atoms with Crippen LogP contribution in [0.4, 0.5) is 0 Å². The van der Waals surface area contributed by atoms with Crippen LogP contribution in [0, 0.1) is 0 Å². The van der Waals surface area contributed by atoms with Crippen LogP contribution < -0.4 is 0 Å². The molecule has 0 N–H and O–H groups in total. The Morgan fingerprint density at radius 1 is 1.43 bits per heavy atom. The SMILES string of the molecule is CCc1c(Cl)ncnc1-c1cccs1. The molecule has 2 nitrogen and oxygen atoms in total. The standard InChI is InChI=1S/C10H9ClN2S/c1-2-7-9(8-4-3-5-14-8)12-6-13-10(7)11/h3-6H,2H2,1H3. The number of hydrogen-bond donors (Lipinski definition) is 0. The van der Waals surface area contributed by atoms with Crippen LogP contribution in [-0.4, -0.2) is 9.97 Å². The van der Waals surface area contributed by atoms with Gasteiger partial charge in [-0.1, -0.05) is 24.6 Å². The van der Waals surface area contributed by atoms with Crippen LogP contribution in [0.2, 0.25) is 5.15 Å². The van der Waals surface area contributed by atoms with E-state index >= 15 is 0 Å². The summed E-state index contributed by atoms with van der Waals surface area (Å²) in [5.74, 6) is 0. The Morgan fingerprint density at radius 3 is 2.93 bits per heavy atom. The molecule has 0 spiro atoms. The first-order valence-corrected chi connectivity index (χ1v) is 5.62. The van der Waals surface area contributed by atoms with Crippen molar-refractivity contribution in [1.29, 1.82) is 0 Å². The van der Waals surface area contributed by atoms with Crippen molar-refractivity contribution in [3.05, 3.63) is 34.6 Å². The molecule has 0 saturated heterocycles. The molecule has 0 aromatic carbocycles. The zero-order valence-corrected chi connectivity index (χ0v) is 9.27. The van der Waals surface area contributed by atoms with Crippen LogP contribution >= 0.6 is 22.9 Å². The molecule has 14 heavy (non-hydrogen) atoms. The summed E-state index contributed by atoms with van der Waals surface area (Å²) in [4.78, 5) is 9.39. The van der Waals surface area contributed by atoms with Crippen molar-refractivity contribution in [2.45, 2.75) is 13.3 Å². The van der Waals surface area contributed by atoms with E-state index in [4.69, 9.17) is 11.6 Å². The maximum absolute atomic E-state index is 6.00. The second kappa shape index (κ2) is 4.07. The number of aromatic nitrogens is 2. The smallest absolute Gasteiger partial charge is 0.136 e. The molecule has 0 aliphatic rings. The van der Waals surface area contributed by atoms with E-state index in [2.05, 4.69) is 16.9 Å². The molecule has 0 unspecified atom stereocenters. The van der Waals surface area contributed by atoms with E-state index in [0.29, 0.717) is 5.15 Å². The van der Waals surface area contributed by atoms with Gasteiger partial charge in [-0.2, -0.15) is 0 Å². The molecule has 2 aromatic rings. The lowest BCUT2D eigenvalue weighted by Crippen LogP contribution is -1.93. The Labute approximate surface area is 91.6 Å². The molecule has 0 atom stereocenters. The largest absolute Gasteiger partial charge is 0.235 e. The first-order valence-electron chi connectivity index (χ1n) is 4.36. The van der Waals surface area contributed by atoms with Crippen molar-refractivity contribution >= 4 is 22.9 Å². The van der Waals surface area contributed by atoms with Crippen molar-refractivity contribution in [3.8, 4) is 10.6 Å². The Bertz CT molecular complexity index is 426. The molecule has 0 radical (unpaired) electrons. The third-order valence-corrected chi connectivity index (χ3v) is 3.20. The topological polar surface area (TPSA) is 25.8 Å². The van der Waals surface area contributed by atoms with E-state index in [-0.39, 0.29) is 0 Å². The predicted molar refractivity (Wildman–Crippen MR) is 59.7 cm³/mol. The van der Waals surface area contributed by atoms with Crippen molar-refractivity contribution in [3.63, 3.8) is 0 Å². The highest BCUT2D eigenvalue weighted by molar-refractivity contribution is 7.13. The molecular weight excluding hydrogens is 216 g/mol. The van der Waals surface area contributed by atoms with Gasteiger partial charge in [-0.25, -0.2) is 9.97 Å². The second-order valence-corrected chi connectivity index (χ2v) is 4.13. The monoisotopic (exact) mass is 224 g/mol. The van der Waals surface area contributed by atoms with Gasteiger partial charge in [0.1, 0.15) is 11.5 Å². The predicted octanol–water partition coefficient (Wildman–Crippen LogP) is 3.42. The van der Waals surface area contributed by atoms with Crippen LogP contribution in [-0.2, 0) is 6.42 Å². The highest BCUT2D eigenvalue weighted by Gasteiger charge is 2.10. The van der Waals surface area contributed by atoms with E-state index < -0.39 is 0 Å². The number of nitrogens with zero attached hydrogens (tertiary/aromatic N) is 2. The molecule has 2 heterocycles. The van der Waals surface area contributed by atoms with Crippen molar-refractivity contribution in [2.24, 2.45) is 0 Å². The van der Waals surface area contributed by atoms with Crippen LogP contribution in [0.5, 0.6) is 0 Å². The van der Waals surface area contributed by atoms with Gasteiger partial charge in [-0.15, -0.1) is 11.3 Å². The maximum Gasteiger partial charge on any atom is 0.136 e. The maximum atomic E-state index is 6.00. The van der Waals surface area contributed by atoms with Gasteiger partial charge in [0.15, 0.2) is 0 Å². The number of thiophene rings is 1. The van der Waals surface area contributed by atoms with Gasteiger partial charge in [0, 0.05) is 5.56 Å². The van der Waals surface area contributed by atoms with Crippen LogP contribution in [0.3, 0.4) is 0 Å². The molecule has 4 heteroatoms. The lowest BCUT2D eigenvalue weighted by Gasteiger charge is -2.04. The molecule has 0 bridgehead atoms. The molecule has 0 saturated carbocycles. The Morgan fingerprint density at radius 2 is 2.29 bits per heavy atom. The Hall–Kier alpha value is -0.930. The van der Waals surface area contributed by atoms with Crippen LogP contribution in [0.25, 0.3) is 10.6 Å². The zero-order valence-electron chi connectivity index (χ0n) is 7.70. The van der Waals surface area contributed by atoms with E-state index in [9.17, 15) is 0 Å². The van der Waals surface area contributed by atoms with E-state index in [1.165, 1.54) is 6.33 Å². The Kier molecular flexibility index (Phi) is 2.79. The van der Waals surface area contributed by atoms with Gasteiger partial charge in [0.2, 0.25) is 0 Å². The summed E-state index contributed by atoms with van der Waals surface area (Å²) in [5, 5.41) is 2.59. The summed E-state index contributed by atoms with van der Waals surface area (Å²) in [6.07, 6.45) is 2.36. The first kappa shape index (κ1) is 9.62. The third-order valence-electron chi connectivity index (χ3n) is 2.00. The van der Waals surface area contributed by atoms with Gasteiger partial charge in [-0.3, -0.25) is 0 Å². The minimum atomic E-state index is 0.561. The van der Waals surface area contributed by atoms with E-state index in [0.717, 1.165) is 22.6 Å². The number of hydrogen-bond acceptors (Lipinski definition) is 3. The zero-order chi connectivity index (χ0) is 9.97. The molecular formula is C10H9ClN2S. The quantitative estimate of drug-likeness (QED) is 0.731. The summed E-state index contributed by atoms with van der Waals surface area (Å²) >= 11 is 7.67. The Balaban J connectivity index is 2.58. The fourth-order valence-electron chi connectivity index (χ4n) is 1.33. The highest BCUT2D eigenvalue weighted by Crippen LogP contribution is 2.28. The number of halogens is 1. The average molecular weight is 225 g/mol. The highest BCUT2D eigenvalue weighted by atomic mass is 35.5. The molecule has 0 amide bonds. The van der Waals surface area contributed by atoms with Gasteiger partial charge >= 0.3 is 0 Å². The van der Waals surface area contributed by atoms with Crippen LogP contribution in [0.15, 0.2) is 23.8 Å². The summed E-state index contributed by atoms with van der Waals surface area (Å²) < 4.78 is 0. The molecule has 2 aromatic heterocycles. The van der Waals surface area contributed by atoms with Crippen molar-refractivity contribution in [2.75, 3.05) is 0 Å². The molecule has 0 fully saturated rings. The summed E-state index contributed by atoms with van der Waals surface area (Å²) in [6, 6.07) is 4.05. The van der Waals surface area contributed by atoms with Crippen molar-refractivity contribution < 1.29 is 0 Å². The first-order chi connectivity index (χ1) is 6.83. The van der Waals surface area contributed by atoms with E-state index in [1.807, 2.05) is 17.5 Å².